The van der Waals surface area contributed by atoms with Crippen LogP contribution in [0.5, 0.6) is 5.75 Å². The van der Waals surface area contributed by atoms with Crippen LogP contribution >= 0.6 is 23.2 Å². The lowest BCUT2D eigenvalue weighted by Gasteiger charge is -2.33. The molecule has 0 heterocycles. The Morgan fingerprint density at radius 3 is 2.23 bits per heavy atom. The molecule has 0 unspecified atom stereocenters. The van der Waals surface area contributed by atoms with E-state index in [0.717, 1.165) is 16.3 Å². The highest BCUT2D eigenvalue weighted by molar-refractivity contribution is 7.92. The van der Waals surface area contributed by atoms with Gasteiger partial charge in [-0.1, -0.05) is 73.4 Å². The van der Waals surface area contributed by atoms with E-state index in [-0.39, 0.29) is 33.1 Å². The lowest BCUT2D eigenvalue weighted by Crippen LogP contribution is -2.52. The third-order valence-corrected chi connectivity index (χ3v) is 8.84. The predicted molar refractivity (Wildman–Crippen MR) is 158 cm³/mol. The molecule has 3 rings (SSSR count). The molecule has 0 saturated carbocycles. The van der Waals surface area contributed by atoms with Crippen LogP contribution in [0.1, 0.15) is 32.3 Å². The standard InChI is InChI=1S/C29H33Cl2N3O5S/c1-4-18-32-29(36)25(5-2)33(19-21-14-16-22(39-3)17-15-21)27(35)20-34(26-13-9-12-24(30)28(26)31)40(37,38)23-10-7-6-8-11-23/h6-17,25H,4-5,18-20H2,1-3H3,(H,32,36)/t25-/m1/s1. The molecule has 0 radical (unpaired) electrons. The molecule has 0 aliphatic carbocycles. The summed E-state index contributed by atoms with van der Waals surface area (Å²) in [6.07, 6.45) is 1.05. The van der Waals surface area contributed by atoms with E-state index < -0.39 is 28.5 Å². The number of carbonyl (C=O) groups excluding carboxylic acids is 2. The van der Waals surface area contributed by atoms with E-state index in [1.54, 1.807) is 62.6 Å². The largest absolute Gasteiger partial charge is 0.497 e. The first-order valence-corrected chi connectivity index (χ1v) is 15.1. The SMILES string of the molecule is CCCNC(=O)[C@@H](CC)N(Cc1ccc(OC)cc1)C(=O)CN(c1cccc(Cl)c1Cl)S(=O)(=O)c1ccccc1. The van der Waals surface area contributed by atoms with Crippen LogP contribution in [0, 0.1) is 0 Å². The average Bonchev–Trinajstić information content (AvgIpc) is 2.96. The molecule has 0 fully saturated rings. The molecule has 214 valence electrons. The number of sulfonamides is 1. The Morgan fingerprint density at radius 1 is 0.950 bits per heavy atom. The van der Waals surface area contributed by atoms with Gasteiger partial charge in [0, 0.05) is 13.1 Å². The van der Waals surface area contributed by atoms with Gasteiger partial charge in [-0.3, -0.25) is 13.9 Å². The fraction of sp³-hybridized carbons (Fsp3) is 0.310. The number of nitrogens with zero attached hydrogens (tertiary/aromatic N) is 2. The number of hydrogen-bond acceptors (Lipinski definition) is 5. The van der Waals surface area contributed by atoms with Gasteiger partial charge in [0.25, 0.3) is 10.0 Å². The summed E-state index contributed by atoms with van der Waals surface area (Å²) < 4.78 is 33.9. The maximum atomic E-state index is 14.0. The maximum Gasteiger partial charge on any atom is 0.264 e. The van der Waals surface area contributed by atoms with Gasteiger partial charge >= 0.3 is 0 Å². The number of benzene rings is 3. The molecule has 0 aliphatic rings. The third kappa shape index (κ3) is 7.47. The average molecular weight is 607 g/mol. The summed E-state index contributed by atoms with van der Waals surface area (Å²) in [6.45, 7) is 3.65. The van der Waals surface area contributed by atoms with Crippen molar-refractivity contribution in [3.63, 3.8) is 0 Å². The van der Waals surface area contributed by atoms with Crippen LogP contribution in [0.2, 0.25) is 10.0 Å². The van der Waals surface area contributed by atoms with E-state index in [2.05, 4.69) is 5.32 Å². The van der Waals surface area contributed by atoms with Crippen molar-refractivity contribution in [2.45, 2.75) is 44.2 Å². The topological polar surface area (TPSA) is 96.0 Å². The van der Waals surface area contributed by atoms with Gasteiger partial charge in [0.2, 0.25) is 11.8 Å². The number of nitrogens with one attached hydrogen (secondary N) is 1. The van der Waals surface area contributed by atoms with E-state index >= 15 is 0 Å². The minimum absolute atomic E-state index is 0.00842. The molecule has 40 heavy (non-hydrogen) atoms. The Bertz CT molecular complexity index is 1400. The highest BCUT2D eigenvalue weighted by atomic mass is 35.5. The quantitative estimate of drug-likeness (QED) is 0.276. The summed E-state index contributed by atoms with van der Waals surface area (Å²) in [5, 5.41) is 2.99. The zero-order valence-electron chi connectivity index (χ0n) is 22.6. The number of methoxy groups -OCH3 is 1. The van der Waals surface area contributed by atoms with Gasteiger partial charge in [-0.05, 0) is 54.8 Å². The van der Waals surface area contributed by atoms with Crippen LogP contribution in [-0.2, 0) is 26.2 Å². The summed E-state index contributed by atoms with van der Waals surface area (Å²) in [4.78, 5) is 28.6. The molecule has 0 bridgehead atoms. The summed E-state index contributed by atoms with van der Waals surface area (Å²) in [7, 11) is -2.69. The van der Waals surface area contributed by atoms with E-state index in [1.165, 1.54) is 29.2 Å². The molecule has 0 aliphatic heterocycles. The highest BCUT2D eigenvalue weighted by Crippen LogP contribution is 2.35. The Balaban J connectivity index is 2.07. The maximum absolute atomic E-state index is 14.0. The van der Waals surface area contributed by atoms with Gasteiger partial charge in [-0.25, -0.2) is 8.42 Å². The summed E-state index contributed by atoms with van der Waals surface area (Å²) >= 11 is 12.7. The predicted octanol–water partition coefficient (Wildman–Crippen LogP) is 5.53. The fourth-order valence-corrected chi connectivity index (χ4v) is 6.03. The van der Waals surface area contributed by atoms with Gasteiger partial charge in [-0.15, -0.1) is 0 Å². The fourth-order valence-electron chi connectivity index (χ4n) is 4.13. The van der Waals surface area contributed by atoms with Crippen molar-refractivity contribution < 1.29 is 22.7 Å². The molecule has 11 heteroatoms. The molecule has 0 aromatic heterocycles. The first kappa shape index (κ1) is 31.3. The normalized spacial score (nSPS) is 11.9. The van der Waals surface area contributed by atoms with Gasteiger partial charge in [0.1, 0.15) is 18.3 Å². The monoisotopic (exact) mass is 605 g/mol. The number of halogens is 2. The smallest absolute Gasteiger partial charge is 0.264 e. The first-order chi connectivity index (χ1) is 19.1. The number of carbonyl (C=O) groups is 2. The van der Waals surface area contributed by atoms with Gasteiger partial charge < -0.3 is 15.0 Å². The Kier molecular flexibility index (Phi) is 11.2. The van der Waals surface area contributed by atoms with E-state index in [1.807, 2.05) is 6.92 Å². The number of amides is 2. The van der Waals surface area contributed by atoms with E-state index in [0.29, 0.717) is 18.7 Å². The van der Waals surface area contributed by atoms with Gasteiger partial charge in [0.05, 0.1) is 27.7 Å². The second kappa shape index (κ2) is 14.4. The molecule has 3 aromatic rings. The summed E-state index contributed by atoms with van der Waals surface area (Å²) in [5.74, 6) is -0.251. The van der Waals surface area contributed by atoms with Crippen LogP contribution in [0.4, 0.5) is 5.69 Å². The van der Waals surface area contributed by atoms with Crippen LogP contribution in [0.15, 0.2) is 77.7 Å². The van der Waals surface area contributed by atoms with Crippen molar-refractivity contribution in [2.75, 3.05) is 24.5 Å². The van der Waals surface area contributed by atoms with Crippen molar-refractivity contribution in [3.05, 3.63) is 88.4 Å². The van der Waals surface area contributed by atoms with Crippen molar-refractivity contribution in [2.24, 2.45) is 0 Å². The number of hydrogen-bond donors (Lipinski definition) is 1. The van der Waals surface area contributed by atoms with Gasteiger partial charge in [0.15, 0.2) is 0 Å². The Labute approximate surface area is 245 Å². The van der Waals surface area contributed by atoms with Gasteiger partial charge in [-0.2, -0.15) is 0 Å². The lowest BCUT2D eigenvalue weighted by atomic mass is 10.1. The second-order valence-corrected chi connectivity index (χ2v) is 11.6. The van der Waals surface area contributed by atoms with Crippen LogP contribution in [0.25, 0.3) is 0 Å². The molecule has 3 aromatic carbocycles. The number of ether oxygens (including phenoxy) is 1. The molecule has 1 N–H and O–H groups in total. The zero-order valence-corrected chi connectivity index (χ0v) is 25.0. The molecule has 2 amide bonds. The third-order valence-electron chi connectivity index (χ3n) is 6.26. The summed E-state index contributed by atoms with van der Waals surface area (Å²) in [6, 6.07) is 18.6. The van der Waals surface area contributed by atoms with Crippen LogP contribution in [-0.4, -0.2) is 51.4 Å². The highest BCUT2D eigenvalue weighted by Gasteiger charge is 2.34. The number of rotatable bonds is 13. The Hall–Kier alpha value is -3.27. The molecule has 0 saturated heterocycles. The minimum atomic E-state index is -4.25. The van der Waals surface area contributed by atoms with Crippen molar-refractivity contribution in [1.82, 2.24) is 10.2 Å². The second-order valence-electron chi connectivity index (χ2n) is 8.98. The molecule has 1 atom stereocenters. The first-order valence-electron chi connectivity index (χ1n) is 12.9. The molecule has 0 spiro atoms. The Morgan fingerprint density at radius 2 is 1.62 bits per heavy atom. The van der Waals surface area contributed by atoms with Crippen molar-refractivity contribution in [1.29, 1.82) is 0 Å². The molecular weight excluding hydrogens is 573 g/mol. The molecular formula is C29H33Cl2N3O5S. The van der Waals surface area contributed by atoms with Crippen LogP contribution < -0.4 is 14.4 Å². The van der Waals surface area contributed by atoms with Crippen molar-refractivity contribution in [3.8, 4) is 5.75 Å². The minimum Gasteiger partial charge on any atom is -0.497 e. The van der Waals surface area contributed by atoms with E-state index in [4.69, 9.17) is 27.9 Å². The van der Waals surface area contributed by atoms with Crippen LogP contribution in [0.3, 0.4) is 0 Å². The molecule has 8 nitrogen and oxygen atoms in total. The van der Waals surface area contributed by atoms with Crippen molar-refractivity contribution >= 4 is 50.7 Å². The summed E-state index contributed by atoms with van der Waals surface area (Å²) in [5.41, 5.74) is 0.799. The zero-order chi connectivity index (χ0) is 29.3. The van der Waals surface area contributed by atoms with E-state index in [9.17, 15) is 18.0 Å². The number of anilines is 1. The lowest BCUT2D eigenvalue weighted by molar-refractivity contribution is -0.140.